The van der Waals surface area contributed by atoms with Crippen molar-refractivity contribution >= 4 is 0 Å². The molecule has 5 nitrogen and oxygen atoms in total. The highest BCUT2D eigenvalue weighted by molar-refractivity contribution is 5.54. The normalized spacial score (nSPS) is 14.2. The zero-order chi connectivity index (χ0) is 14.8. The number of nitrogens with two attached hydrogens (primary N) is 1. The van der Waals surface area contributed by atoms with Crippen LogP contribution in [0.4, 0.5) is 4.39 Å². The van der Waals surface area contributed by atoms with E-state index in [-0.39, 0.29) is 18.3 Å². The maximum absolute atomic E-state index is 13.4. The van der Waals surface area contributed by atoms with Crippen molar-refractivity contribution in [1.29, 1.82) is 0 Å². The van der Waals surface area contributed by atoms with E-state index in [4.69, 9.17) is 15.0 Å². The summed E-state index contributed by atoms with van der Waals surface area (Å²) in [6.45, 7) is 6.28. The van der Waals surface area contributed by atoms with Crippen LogP contribution in [0.3, 0.4) is 0 Å². The van der Waals surface area contributed by atoms with Crippen molar-refractivity contribution in [3.63, 3.8) is 0 Å². The predicted octanol–water partition coefficient (Wildman–Crippen LogP) is 2.39. The van der Waals surface area contributed by atoms with E-state index in [1.807, 2.05) is 6.92 Å². The fourth-order valence-electron chi connectivity index (χ4n) is 1.81. The molecular weight excluding hydrogens is 261 g/mol. The van der Waals surface area contributed by atoms with Gasteiger partial charge in [0.25, 0.3) is 5.89 Å². The Bertz CT molecular complexity index is 576. The van der Waals surface area contributed by atoms with Crippen LogP contribution in [0.1, 0.15) is 25.2 Å². The number of halogens is 1. The van der Waals surface area contributed by atoms with Crippen molar-refractivity contribution in [2.75, 3.05) is 13.2 Å². The molecule has 20 heavy (non-hydrogen) atoms. The van der Waals surface area contributed by atoms with Crippen molar-refractivity contribution in [3.05, 3.63) is 35.4 Å². The Morgan fingerprint density at radius 1 is 1.40 bits per heavy atom. The highest BCUT2D eigenvalue weighted by Crippen LogP contribution is 2.23. The highest BCUT2D eigenvalue weighted by Gasteiger charge is 2.28. The number of benzene rings is 1. The van der Waals surface area contributed by atoms with Crippen LogP contribution in [0, 0.1) is 12.7 Å². The first-order valence-electron chi connectivity index (χ1n) is 6.41. The standard InChI is InChI=1S/C14H18FN3O2/c1-4-19-8-14(3,16)13-17-12(20-18-13)10-5-9(2)6-11(15)7-10/h5-7H,4,8,16H2,1-3H3. The van der Waals surface area contributed by atoms with E-state index in [1.54, 1.807) is 19.9 Å². The average molecular weight is 279 g/mol. The molecule has 0 aliphatic rings. The van der Waals surface area contributed by atoms with E-state index in [0.29, 0.717) is 18.0 Å². The molecule has 0 spiro atoms. The average Bonchev–Trinajstić information content (AvgIpc) is 2.85. The zero-order valence-electron chi connectivity index (χ0n) is 11.8. The Morgan fingerprint density at radius 3 is 2.80 bits per heavy atom. The van der Waals surface area contributed by atoms with E-state index in [2.05, 4.69) is 10.1 Å². The van der Waals surface area contributed by atoms with E-state index >= 15 is 0 Å². The summed E-state index contributed by atoms with van der Waals surface area (Å²) in [4.78, 5) is 4.24. The van der Waals surface area contributed by atoms with Crippen molar-refractivity contribution < 1.29 is 13.7 Å². The van der Waals surface area contributed by atoms with Crippen LogP contribution in [-0.4, -0.2) is 23.4 Å². The largest absolute Gasteiger partial charge is 0.379 e. The highest BCUT2D eigenvalue weighted by atomic mass is 19.1. The lowest BCUT2D eigenvalue weighted by Gasteiger charge is -2.19. The lowest BCUT2D eigenvalue weighted by Crippen LogP contribution is -2.39. The van der Waals surface area contributed by atoms with E-state index in [1.165, 1.54) is 12.1 Å². The van der Waals surface area contributed by atoms with Gasteiger partial charge in [0.1, 0.15) is 11.4 Å². The van der Waals surface area contributed by atoms with Crippen LogP contribution < -0.4 is 5.73 Å². The molecule has 0 bridgehead atoms. The van der Waals surface area contributed by atoms with Crippen LogP contribution in [0.25, 0.3) is 11.5 Å². The topological polar surface area (TPSA) is 74.2 Å². The summed E-state index contributed by atoms with van der Waals surface area (Å²) in [6, 6.07) is 4.56. The first kappa shape index (κ1) is 14.6. The minimum atomic E-state index is -0.847. The molecule has 2 rings (SSSR count). The number of nitrogens with zero attached hydrogens (tertiary/aromatic N) is 2. The van der Waals surface area contributed by atoms with Crippen LogP contribution in [-0.2, 0) is 10.3 Å². The minimum absolute atomic E-state index is 0.246. The maximum Gasteiger partial charge on any atom is 0.258 e. The summed E-state index contributed by atoms with van der Waals surface area (Å²) in [5, 5.41) is 3.86. The van der Waals surface area contributed by atoms with E-state index in [0.717, 1.165) is 5.56 Å². The smallest absolute Gasteiger partial charge is 0.258 e. The number of ether oxygens (including phenoxy) is 1. The summed E-state index contributed by atoms with van der Waals surface area (Å²) in [7, 11) is 0. The summed E-state index contributed by atoms with van der Waals surface area (Å²) >= 11 is 0. The Morgan fingerprint density at radius 2 is 2.15 bits per heavy atom. The lowest BCUT2D eigenvalue weighted by atomic mass is 10.1. The molecule has 2 aromatic rings. The van der Waals surface area contributed by atoms with Gasteiger partial charge in [-0.25, -0.2) is 4.39 Å². The predicted molar refractivity (Wildman–Crippen MR) is 72.5 cm³/mol. The molecule has 6 heteroatoms. The molecule has 0 aliphatic heterocycles. The molecule has 1 unspecified atom stereocenters. The van der Waals surface area contributed by atoms with Gasteiger partial charge in [-0.2, -0.15) is 4.98 Å². The molecule has 2 N–H and O–H groups in total. The molecule has 1 heterocycles. The molecule has 108 valence electrons. The molecule has 0 saturated heterocycles. The minimum Gasteiger partial charge on any atom is -0.379 e. The van der Waals surface area contributed by atoms with Gasteiger partial charge >= 0.3 is 0 Å². The summed E-state index contributed by atoms with van der Waals surface area (Å²) < 4.78 is 23.8. The van der Waals surface area contributed by atoms with Crippen molar-refractivity contribution in [1.82, 2.24) is 10.1 Å². The van der Waals surface area contributed by atoms with Crippen molar-refractivity contribution in [2.45, 2.75) is 26.3 Å². The van der Waals surface area contributed by atoms with Gasteiger partial charge < -0.3 is 15.0 Å². The maximum atomic E-state index is 13.4. The molecule has 0 amide bonds. The second-order valence-electron chi connectivity index (χ2n) is 4.99. The van der Waals surface area contributed by atoms with Crippen LogP contribution in [0.5, 0.6) is 0 Å². The fraction of sp³-hybridized carbons (Fsp3) is 0.429. The molecule has 0 radical (unpaired) electrons. The van der Waals surface area contributed by atoms with Gasteiger partial charge in [-0.1, -0.05) is 5.16 Å². The van der Waals surface area contributed by atoms with Crippen molar-refractivity contribution in [3.8, 4) is 11.5 Å². The SMILES string of the molecule is CCOCC(C)(N)c1noc(-c2cc(C)cc(F)c2)n1. The fourth-order valence-corrected chi connectivity index (χ4v) is 1.81. The number of hydrogen-bond donors (Lipinski definition) is 1. The van der Waals surface area contributed by atoms with Gasteiger partial charge in [0.15, 0.2) is 5.82 Å². The summed E-state index contributed by atoms with van der Waals surface area (Å²) in [5.41, 5.74) is 6.56. The third-order valence-corrected chi connectivity index (χ3v) is 2.83. The summed E-state index contributed by atoms with van der Waals surface area (Å²) in [6.07, 6.45) is 0. The first-order chi connectivity index (χ1) is 9.42. The van der Waals surface area contributed by atoms with Gasteiger partial charge in [0.05, 0.1) is 6.61 Å². The van der Waals surface area contributed by atoms with Gasteiger partial charge in [-0.05, 0) is 44.5 Å². The van der Waals surface area contributed by atoms with Gasteiger partial charge in [0.2, 0.25) is 0 Å². The zero-order valence-corrected chi connectivity index (χ0v) is 11.8. The van der Waals surface area contributed by atoms with Crippen LogP contribution >= 0.6 is 0 Å². The molecule has 0 saturated carbocycles. The number of rotatable bonds is 5. The van der Waals surface area contributed by atoms with Gasteiger partial charge in [-0.15, -0.1) is 0 Å². The molecule has 1 atom stereocenters. The molecular formula is C14H18FN3O2. The second kappa shape index (κ2) is 5.68. The number of hydrogen-bond acceptors (Lipinski definition) is 5. The quantitative estimate of drug-likeness (QED) is 0.909. The summed E-state index contributed by atoms with van der Waals surface area (Å²) in [5.74, 6) is 0.239. The Balaban J connectivity index is 2.28. The van der Waals surface area contributed by atoms with E-state index < -0.39 is 5.54 Å². The van der Waals surface area contributed by atoms with Gasteiger partial charge in [0, 0.05) is 12.2 Å². The molecule has 1 aromatic carbocycles. The molecule has 1 aromatic heterocycles. The van der Waals surface area contributed by atoms with Gasteiger partial charge in [-0.3, -0.25) is 0 Å². The lowest BCUT2D eigenvalue weighted by molar-refractivity contribution is 0.0962. The first-order valence-corrected chi connectivity index (χ1v) is 6.41. The second-order valence-corrected chi connectivity index (χ2v) is 4.99. The third-order valence-electron chi connectivity index (χ3n) is 2.83. The van der Waals surface area contributed by atoms with Crippen molar-refractivity contribution in [2.24, 2.45) is 5.73 Å². The third kappa shape index (κ3) is 3.20. The molecule has 0 aliphatic carbocycles. The Labute approximate surface area is 116 Å². The monoisotopic (exact) mass is 279 g/mol. The number of aromatic nitrogens is 2. The Kier molecular flexibility index (Phi) is 4.15. The Hall–Kier alpha value is -1.79. The number of aryl methyl sites for hydroxylation is 1. The van der Waals surface area contributed by atoms with Crippen LogP contribution in [0.15, 0.2) is 22.7 Å². The van der Waals surface area contributed by atoms with E-state index in [9.17, 15) is 4.39 Å². The van der Waals surface area contributed by atoms with Crippen LogP contribution in [0.2, 0.25) is 0 Å². The molecule has 0 fully saturated rings.